The third-order valence-corrected chi connectivity index (χ3v) is 2.90. The maximum Gasteiger partial charge on any atom is 0.135 e. The number of benzene rings is 1. The SMILES string of the molecule is CC(C)C(=O)CCC(C)(O)c1ccccc1. The highest BCUT2D eigenvalue weighted by Crippen LogP contribution is 2.26. The van der Waals surface area contributed by atoms with E-state index in [1.807, 2.05) is 44.2 Å². The number of carbonyl (C=O) groups excluding carboxylic acids is 1. The minimum absolute atomic E-state index is 0.0478. The molecule has 0 fully saturated rings. The second-order valence-electron chi connectivity index (χ2n) is 4.76. The molecule has 1 rings (SSSR count). The second kappa shape index (κ2) is 5.26. The Morgan fingerprint density at radius 2 is 1.88 bits per heavy atom. The van der Waals surface area contributed by atoms with Gasteiger partial charge in [-0.2, -0.15) is 0 Å². The molecule has 1 N–H and O–H groups in total. The fourth-order valence-electron chi connectivity index (χ4n) is 1.60. The van der Waals surface area contributed by atoms with Gasteiger partial charge in [0, 0.05) is 12.3 Å². The number of hydrogen-bond donors (Lipinski definition) is 1. The van der Waals surface area contributed by atoms with E-state index in [-0.39, 0.29) is 11.7 Å². The monoisotopic (exact) mass is 220 g/mol. The van der Waals surface area contributed by atoms with E-state index >= 15 is 0 Å². The van der Waals surface area contributed by atoms with E-state index in [0.29, 0.717) is 12.8 Å². The van der Waals surface area contributed by atoms with Crippen molar-refractivity contribution in [2.75, 3.05) is 0 Å². The summed E-state index contributed by atoms with van der Waals surface area (Å²) < 4.78 is 0. The molecule has 16 heavy (non-hydrogen) atoms. The highest BCUT2D eigenvalue weighted by molar-refractivity contribution is 5.80. The van der Waals surface area contributed by atoms with Crippen LogP contribution in [0.1, 0.15) is 39.2 Å². The first-order valence-electron chi connectivity index (χ1n) is 5.74. The van der Waals surface area contributed by atoms with Crippen LogP contribution in [0.5, 0.6) is 0 Å². The summed E-state index contributed by atoms with van der Waals surface area (Å²) in [6.45, 7) is 5.54. The van der Waals surface area contributed by atoms with Crippen molar-refractivity contribution in [3.05, 3.63) is 35.9 Å². The Hall–Kier alpha value is -1.15. The van der Waals surface area contributed by atoms with Gasteiger partial charge in [-0.05, 0) is 18.9 Å². The van der Waals surface area contributed by atoms with Gasteiger partial charge in [0.1, 0.15) is 5.78 Å². The second-order valence-corrected chi connectivity index (χ2v) is 4.76. The predicted molar refractivity (Wildman–Crippen MR) is 65.1 cm³/mol. The maximum atomic E-state index is 11.5. The van der Waals surface area contributed by atoms with Crippen LogP contribution in [0.3, 0.4) is 0 Å². The minimum atomic E-state index is -0.911. The van der Waals surface area contributed by atoms with E-state index < -0.39 is 5.60 Å². The third-order valence-electron chi connectivity index (χ3n) is 2.90. The van der Waals surface area contributed by atoms with Gasteiger partial charge in [-0.15, -0.1) is 0 Å². The average molecular weight is 220 g/mol. The number of carbonyl (C=O) groups is 1. The summed E-state index contributed by atoms with van der Waals surface area (Å²) >= 11 is 0. The quantitative estimate of drug-likeness (QED) is 0.828. The molecule has 0 amide bonds. The highest BCUT2D eigenvalue weighted by Gasteiger charge is 2.24. The topological polar surface area (TPSA) is 37.3 Å². The summed E-state index contributed by atoms with van der Waals surface area (Å²) in [4.78, 5) is 11.5. The molecular weight excluding hydrogens is 200 g/mol. The number of hydrogen-bond acceptors (Lipinski definition) is 2. The molecule has 0 spiro atoms. The van der Waals surface area contributed by atoms with Gasteiger partial charge in [-0.3, -0.25) is 4.79 Å². The molecule has 0 heterocycles. The molecule has 1 atom stereocenters. The maximum absolute atomic E-state index is 11.5. The molecular formula is C14H20O2. The van der Waals surface area contributed by atoms with Gasteiger partial charge in [0.2, 0.25) is 0 Å². The Bertz CT molecular complexity index is 339. The van der Waals surface area contributed by atoms with Gasteiger partial charge in [0.15, 0.2) is 0 Å². The summed E-state index contributed by atoms with van der Waals surface area (Å²) in [6, 6.07) is 9.49. The zero-order valence-electron chi connectivity index (χ0n) is 10.2. The standard InChI is InChI=1S/C14H20O2/c1-11(2)13(15)9-10-14(3,16)12-7-5-4-6-8-12/h4-8,11,16H,9-10H2,1-3H3. The van der Waals surface area contributed by atoms with Gasteiger partial charge < -0.3 is 5.11 Å². The van der Waals surface area contributed by atoms with Crippen LogP contribution >= 0.6 is 0 Å². The molecule has 0 radical (unpaired) electrons. The van der Waals surface area contributed by atoms with Crippen LogP contribution in [-0.4, -0.2) is 10.9 Å². The average Bonchev–Trinajstić information content (AvgIpc) is 2.27. The highest BCUT2D eigenvalue weighted by atomic mass is 16.3. The van der Waals surface area contributed by atoms with Crippen molar-refractivity contribution >= 4 is 5.78 Å². The number of aliphatic hydroxyl groups is 1. The largest absolute Gasteiger partial charge is 0.385 e. The van der Waals surface area contributed by atoms with E-state index in [2.05, 4.69) is 0 Å². The fraction of sp³-hybridized carbons (Fsp3) is 0.500. The molecule has 0 aliphatic heterocycles. The van der Waals surface area contributed by atoms with Gasteiger partial charge in [-0.25, -0.2) is 0 Å². The van der Waals surface area contributed by atoms with Crippen LogP contribution in [0.4, 0.5) is 0 Å². The van der Waals surface area contributed by atoms with Crippen molar-refractivity contribution in [2.45, 2.75) is 39.2 Å². The molecule has 2 heteroatoms. The Morgan fingerprint density at radius 1 is 1.31 bits per heavy atom. The Labute approximate surface area is 97.3 Å². The van der Waals surface area contributed by atoms with E-state index in [0.717, 1.165) is 5.56 Å². The molecule has 0 bridgehead atoms. The van der Waals surface area contributed by atoms with Crippen LogP contribution in [-0.2, 0) is 10.4 Å². The normalized spacial score (nSPS) is 14.8. The number of Topliss-reactive ketones (excluding diaryl/α,β-unsaturated/α-hetero) is 1. The fourth-order valence-corrected chi connectivity index (χ4v) is 1.60. The molecule has 0 aliphatic rings. The van der Waals surface area contributed by atoms with Crippen LogP contribution in [0.15, 0.2) is 30.3 Å². The molecule has 1 unspecified atom stereocenters. The van der Waals surface area contributed by atoms with Crippen LogP contribution < -0.4 is 0 Å². The summed E-state index contributed by atoms with van der Waals surface area (Å²) in [7, 11) is 0. The van der Waals surface area contributed by atoms with Crippen LogP contribution in [0, 0.1) is 5.92 Å². The molecule has 0 saturated heterocycles. The molecule has 1 aromatic rings. The summed E-state index contributed by atoms with van der Waals surface area (Å²) in [5, 5.41) is 10.3. The van der Waals surface area contributed by atoms with Crippen LogP contribution in [0.25, 0.3) is 0 Å². The van der Waals surface area contributed by atoms with Gasteiger partial charge >= 0.3 is 0 Å². The van der Waals surface area contributed by atoms with E-state index in [1.165, 1.54) is 0 Å². The molecule has 2 nitrogen and oxygen atoms in total. The van der Waals surface area contributed by atoms with Crippen molar-refractivity contribution in [3.63, 3.8) is 0 Å². The van der Waals surface area contributed by atoms with Crippen molar-refractivity contribution in [1.82, 2.24) is 0 Å². The lowest BCUT2D eigenvalue weighted by Gasteiger charge is -2.23. The zero-order valence-corrected chi connectivity index (χ0v) is 10.2. The third kappa shape index (κ3) is 3.46. The molecule has 0 aromatic heterocycles. The predicted octanol–water partition coefficient (Wildman–Crippen LogP) is 2.90. The Balaban J connectivity index is 2.63. The number of ketones is 1. The molecule has 0 aliphatic carbocycles. The Morgan fingerprint density at radius 3 is 2.38 bits per heavy atom. The zero-order chi connectivity index (χ0) is 12.2. The molecule has 1 aromatic carbocycles. The Kier molecular flexibility index (Phi) is 4.25. The lowest BCUT2D eigenvalue weighted by molar-refractivity contribution is -0.123. The first kappa shape index (κ1) is 12.9. The van der Waals surface area contributed by atoms with E-state index in [4.69, 9.17) is 0 Å². The van der Waals surface area contributed by atoms with Gasteiger partial charge in [0.25, 0.3) is 0 Å². The minimum Gasteiger partial charge on any atom is -0.385 e. The number of rotatable bonds is 5. The smallest absolute Gasteiger partial charge is 0.135 e. The van der Waals surface area contributed by atoms with Crippen molar-refractivity contribution in [1.29, 1.82) is 0 Å². The molecule has 0 saturated carbocycles. The van der Waals surface area contributed by atoms with Gasteiger partial charge in [-0.1, -0.05) is 44.2 Å². The summed E-state index contributed by atoms with van der Waals surface area (Å²) in [6.07, 6.45) is 0.910. The molecule has 88 valence electrons. The first-order valence-corrected chi connectivity index (χ1v) is 5.74. The van der Waals surface area contributed by atoms with E-state index in [1.54, 1.807) is 6.92 Å². The van der Waals surface area contributed by atoms with E-state index in [9.17, 15) is 9.90 Å². The summed E-state index contributed by atoms with van der Waals surface area (Å²) in [5.74, 6) is 0.253. The van der Waals surface area contributed by atoms with Crippen LogP contribution in [0.2, 0.25) is 0 Å². The first-order chi connectivity index (χ1) is 7.43. The lowest BCUT2D eigenvalue weighted by Crippen LogP contribution is -2.23. The van der Waals surface area contributed by atoms with Gasteiger partial charge in [0.05, 0.1) is 5.60 Å². The van der Waals surface area contributed by atoms with Crippen molar-refractivity contribution in [3.8, 4) is 0 Å². The summed E-state index contributed by atoms with van der Waals surface area (Å²) in [5.41, 5.74) is -0.0437. The lowest BCUT2D eigenvalue weighted by atomic mass is 9.89. The van der Waals surface area contributed by atoms with Crippen molar-refractivity contribution < 1.29 is 9.90 Å². The van der Waals surface area contributed by atoms with Crippen molar-refractivity contribution in [2.24, 2.45) is 5.92 Å².